The van der Waals surface area contributed by atoms with Gasteiger partial charge in [0.2, 0.25) is 0 Å². The molecule has 0 spiro atoms. The maximum absolute atomic E-state index is 14.1. The van der Waals surface area contributed by atoms with Crippen LogP contribution in [0.1, 0.15) is 49.7 Å². The second-order valence-corrected chi connectivity index (χ2v) is 7.66. The number of aromatic carboxylic acids is 1. The summed E-state index contributed by atoms with van der Waals surface area (Å²) >= 11 is 11.9. The molecule has 0 bridgehead atoms. The summed E-state index contributed by atoms with van der Waals surface area (Å²) in [7, 11) is 1.29. The molecule has 168 valence electrons. The molecule has 0 fully saturated rings. The van der Waals surface area contributed by atoms with Crippen molar-refractivity contribution in [1.82, 2.24) is 15.1 Å². The first kappa shape index (κ1) is 23.6. The lowest BCUT2D eigenvalue weighted by molar-refractivity contribution is 0.0696. The Morgan fingerprint density at radius 2 is 1.88 bits per heavy atom. The van der Waals surface area contributed by atoms with E-state index in [4.69, 9.17) is 28.3 Å². The number of carbonyl (C=O) groups excluding carboxylic acids is 1. The Hall–Kier alpha value is -3.04. The van der Waals surface area contributed by atoms with E-state index in [2.05, 4.69) is 10.4 Å². The highest BCUT2D eigenvalue weighted by molar-refractivity contribution is 6.42. The smallest absolute Gasteiger partial charge is 0.335 e. The Kier molecular flexibility index (Phi) is 7.10. The van der Waals surface area contributed by atoms with E-state index in [1.165, 1.54) is 19.2 Å². The van der Waals surface area contributed by atoms with E-state index in [1.807, 2.05) is 0 Å². The molecule has 0 saturated heterocycles. The molecule has 1 amide bonds. The van der Waals surface area contributed by atoms with Gasteiger partial charge in [-0.1, -0.05) is 35.3 Å². The number of aromatic nitrogens is 2. The Labute approximate surface area is 190 Å². The van der Waals surface area contributed by atoms with Gasteiger partial charge in [0.05, 0.1) is 26.9 Å². The van der Waals surface area contributed by atoms with E-state index in [0.717, 1.165) is 10.7 Å². The molecule has 0 aliphatic rings. The second kappa shape index (κ2) is 9.62. The van der Waals surface area contributed by atoms with Gasteiger partial charge < -0.3 is 10.4 Å². The van der Waals surface area contributed by atoms with E-state index in [9.17, 15) is 22.8 Å². The Balaban J connectivity index is 1.89. The summed E-state index contributed by atoms with van der Waals surface area (Å²) in [5, 5.41) is 16.0. The number of hydrogen-bond donors (Lipinski definition) is 2. The number of carbonyl (C=O) groups is 2. The molecule has 2 aromatic carbocycles. The minimum atomic E-state index is -2.98. The van der Waals surface area contributed by atoms with Crippen LogP contribution in [0.3, 0.4) is 0 Å². The average Bonchev–Trinajstić information content (AvgIpc) is 3.05. The fourth-order valence-corrected chi connectivity index (χ4v) is 3.47. The molecule has 3 aromatic rings. The standard InChI is InChI=1S/C21H16Cl2F3N3O3/c1-29-18(19(25)26)17(16(28-29)7-10-2-5-13(22)14(23)6-10)20(30)27-9-12-4-3-11(21(31)32)8-15(12)24/h2-6,8,19H,7,9H2,1H3,(H,27,30)(H,31,32). The summed E-state index contributed by atoms with van der Waals surface area (Å²) < 4.78 is 42.4. The lowest BCUT2D eigenvalue weighted by Gasteiger charge is -2.10. The zero-order valence-electron chi connectivity index (χ0n) is 16.5. The number of benzene rings is 2. The van der Waals surface area contributed by atoms with Crippen LogP contribution in [0.5, 0.6) is 0 Å². The minimum absolute atomic E-state index is 0.00290. The van der Waals surface area contributed by atoms with Crippen LogP contribution in [0.25, 0.3) is 0 Å². The van der Waals surface area contributed by atoms with Gasteiger partial charge in [0.15, 0.2) is 0 Å². The van der Waals surface area contributed by atoms with Crippen LogP contribution in [0, 0.1) is 5.82 Å². The van der Waals surface area contributed by atoms with E-state index >= 15 is 0 Å². The van der Waals surface area contributed by atoms with Crippen molar-refractivity contribution in [2.75, 3.05) is 0 Å². The summed E-state index contributed by atoms with van der Waals surface area (Å²) in [5.74, 6) is -3.02. The predicted octanol–water partition coefficient (Wildman–Crippen LogP) is 5.02. The highest BCUT2D eigenvalue weighted by atomic mass is 35.5. The van der Waals surface area contributed by atoms with Crippen molar-refractivity contribution in [2.24, 2.45) is 7.05 Å². The highest BCUT2D eigenvalue weighted by Gasteiger charge is 2.28. The first-order valence-corrected chi connectivity index (χ1v) is 9.91. The normalized spacial score (nSPS) is 11.1. The molecule has 1 heterocycles. The van der Waals surface area contributed by atoms with Gasteiger partial charge in [0.25, 0.3) is 12.3 Å². The third kappa shape index (κ3) is 5.05. The van der Waals surface area contributed by atoms with Crippen LogP contribution < -0.4 is 5.32 Å². The van der Waals surface area contributed by atoms with Gasteiger partial charge in [-0.15, -0.1) is 0 Å². The molecule has 32 heavy (non-hydrogen) atoms. The number of nitrogens with one attached hydrogen (secondary N) is 1. The number of alkyl halides is 2. The third-order valence-corrected chi connectivity index (χ3v) is 5.43. The molecular weight excluding hydrogens is 470 g/mol. The van der Waals surface area contributed by atoms with E-state index in [1.54, 1.807) is 18.2 Å². The first-order valence-electron chi connectivity index (χ1n) is 9.16. The van der Waals surface area contributed by atoms with Crippen molar-refractivity contribution in [3.8, 4) is 0 Å². The highest BCUT2D eigenvalue weighted by Crippen LogP contribution is 2.28. The van der Waals surface area contributed by atoms with E-state index < -0.39 is 29.8 Å². The summed E-state index contributed by atoms with van der Waals surface area (Å²) in [4.78, 5) is 23.7. The summed E-state index contributed by atoms with van der Waals surface area (Å²) in [6.07, 6.45) is -2.95. The summed E-state index contributed by atoms with van der Waals surface area (Å²) in [5.41, 5.74) is -0.482. The number of rotatable bonds is 7. The van der Waals surface area contributed by atoms with E-state index in [-0.39, 0.29) is 40.4 Å². The van der Waals surface area contributed by atoms with Crippen molar-refractivity contribution in [3.05, 3.63) is 85.9 Å². The molecule has 0 unspecified atom stereocenters. The van der Waals surface area contributed by atoms with Crippen LogP contribution in [-0.2, 0) is 20.0 Å². The first-order chi connectivity index (χ1) is 15.1. The number of amides is 1. The molecule has 3 rings (SSSR count). The lowest BCUT2D eigenvalue weighted by atomic mass is 10.0. The fraction of sp³-hybridized carbons (Fsp3) is 0.190. The molecule has 2 N–H and O–H groups in total. The van der Waals surface area contributed by atoms with Gasteiger partial charge in [0, 0.05) is 25.6 Å². The quantitative estimate of drug-likeness (QED) is 0.491. The van der Waals surface area contributed by atoms with Crippen LogP contribution in [0.4, 0.5) is 13.2 Å². The molecule has 0 atom stereocenters. The number of halogens is 5. The van der Waals surface area contributed by atoms with Gasteiger partial charge in [-0.25, -0.2) is 18.0 Å². The number of carboxylic acids is 1. The fourth-order valence-electron chi connectivity index (χ4n) is 3.15. The van der Waals surface area contributed by atoms with Gasteiger partial charge in [0.1, 0.15) is 11.5 Å². The maximum Gasteiger partial charge on any atom is 0.335 e. The Morgan fingerprint density at radius 3 is 2.47 bits per heavy atom. The zero-order valence-corrected chi connectivity index (χ0v) is 18.0. The Morgan fingerprint density at radius 1 is 1.16 bits per heavy atom. The van der Waals surface area contributed by atoms with Crippen LogP contribution in [0.2, 0.25) is 10.0 Å². The molecule has 11 heteroatoms. The number of nitrogens with zero attached hydrogens (tertiary/aromatic N) is 2. The van der Waals surface area contributed by atoms with Crippen molar-refractivity contribution in [3.63, 3.8) is 0 Å². The molecule has 0 saturated carbocycles. The topological polar surface area (TPSA) is 84.2 Å². The number of carboxylic acid groups (broad SMARTS) is 1. The third-order valence-electron chi connectivity index (χ3n) is 4.69. The van der Waals surface area contributed by atoms with Crippen molar-refractivity contribution in [1.29, 1.82) is 0 Å². The van der Waals surface area contributed by atoms with Crippen LogP contribution in [0.15, 0.2) is 36.4 Å². The summed E-state index contributed by atoms with van der Waals surface area (Å²) in [6, 6.07) is 7.91. The van der Waals surface area contributed by atoms with Crippen molar-refractivity contribution < 1.29 is 27.9 Å². The lowest BCUT2D eigenvalue weighted by Crippen LogP contribution is -2.25. The van der Waals surface area contributed by atoms with Crippen molar-refractivity contribution in [2.45, 2.75) is 19.4 Å². The average molecular weight is 486 g/mol. The zero-order chi connectivity index (χ0) is 23.6. The second-order valence-electron chi connectivity index (χ2n) is 6.85. The Bertz CT molecular complexity index is 1200. The van der Waals surface area contributed by atoms with E-state index in [0.29, 0.717) is 10.6 Å². The molecule has 0 radical (unpaired) electrons. The summed E-state index contributed by atoms with van der Waals surface area (Å²) in [6.45, 7) is -0.339. The number of aryl methyl sites for hydroxylation is 1. The van der Waals surface area contributed by atoms with Gasteiger partial charge in [-0.3, -0.25) is 9.48 Å². The number of hydrogen-bond acceptors (Lipinski definition) is 3. The molecule has 0 aliphatic heterocycles. The molecular formula is C21H16Cl2F3N3O3. The van der Waals surface area contributed by atoms with Gasteiger partial charge in [-0.05, 0) is 29.8 Å². The molecule has 6 nitrogen and oxygen atoms in total. The largest absolute Gasteiger partial charge is 0.478 e. The predicted molar refractivity (Wildman–Crippen MR) is 112 cm³/mol. The SMILES string of the molecule is Cn1nc(Cc2ccc(Cl)c(Cl)c2)c(C(=O)NCc2ccc(C(=O)O)cc2F)c1C(F)F. The monoisotopic (exact) mass is 485 g/mol. The van der Waals surface area contributed by atoms with Crippen LogP contribution >= 0.6 is 23.2 Å². The van der Waals surface area contributed by atoms with Crippen molar-refractivity contribution >= 4 is 35.1 Å². The molecule has 1 aromatic heterocycles. The minimum Gasteiger partial charge on any atom is -0.478 e. The maximum atomic E-state index is 14.1. The van der Waals surface area contributed by atoms with Gasteiger partial charge in [-0.2, -0.15) is 5.10 Å². The van der Waals surface area contributed by atoms with Crippen LogP contribution in [-0.4, -0.2) is 26.8 Å². The molecule has 0 aliphatic carbocycles. The van der Waals surface area contributed by atoms with Gasteiger partial charge >= 0.3 is 5.97 Å².